The summed E-state index contributed by atoms with van der Waals surface area (Å²) in [7, 11) is 1.68. The van der Waals surface area contributed by atoms with E-state index in [1.165, 1.54) is 15.8 Å². The highest BCUT2D eigenvalue weighted by Gasteiger charge is 2.24. The summed E-state index contributed by atoms with van der Waals surface area (Å²) in [5.41, 5.74) is 2.54. The second kappa shape index (κ2) is 7.76. The number of hydrogen-bond acceptors (Lipinski definition) is 5. The lowest BCUT2D eigenvalue weighted by molar-refractivity contribution is -0.121. The third-order valence-electron chi connectivity index (χ3n) is 5.03. The Morgan fingerprint density at radius 1 is 1.20 bits per heavy atom. The largest absolute Gasteiger partial charge is 0.335 e. The van der Waals surface area contributed by atoms with Gasteiger partial charge in [0, 0.05) is 23.3 Å². The summed E-state index contributed by atoms with van der Waals surface area (Å²) >= 11 is 5.95. The minimum absolute atomic E-state index is 0.118. The molecule has 0 radical (unpaired) electrons. The summed E-state index contributed by atoms with van der Waals surface area (Å²) in [4.78, 5) is 32.0. The Morgan fingerprint density at radius 2 is 1.93 bits per heavy atom. The fourth-order valence-corrected chi connectivity index (χ4v) is 3.43. The number of amides is 1. The van der Waals surface area contributed by atoms with Crippen LogP contribution in [-0.2, 0) is 4.79 Å². The minimum Gasteiger partial charge on any atom is -0.335 e. The Bertz CT molecular complexity index is 1290. The van der Waals surface area contributed by atoms with E-state index in [0.29, 0.717) is 16.3 Å². The van der Waals surface area contributed by atoms with E-state index in [1.807, 2.05) is 31.2 Å². The number of rotatable bonds is 4. The molecule has 0 fully saturated rings. The van der Waals surface area contributed by atoms with Gasteiger partial charge in [-0.15, -0.1) is 0 Å². The van der Waals surface area contributed by atoms with E-state index < -0.39 is 11.6 Å². The first-order valence-corrected chi connectivity index (χ1v) is 9.71. The Hall–Kier alpha value is -3.45. The number of aromatic nitrogens is 3. The number of aryl methyl sites for hydroxylation is 1. The molecule has 0 unspecified atom stereocenters. The maximum Gasteiger partial charge on any atom is 0.267 e. The third kappa shape index (κ3) is 3.48. The Labute approximate surface area is 177 Å². The van der Waals surface area contributed by atoms with Crippen LogP contribution >= 0.6 is 11.6 Å². The van der Waals surface area contributed by atoms with Crippen molar-refractivity contribution in [3.63, 3.8) is 0 Å². The van der Waals surface area contributed by atoms with Gasteiger partial charge in [-0.05, 0) is 43.7 Å². The van der Waals surface area contributed by atoms with Crippen LogP contribution in [-0.4, -0.2) is 27.7 Å². The highest BCUT2D eigenvalue weighted by Crippen LogP contribution is 2.26. The zero-order valence-electron chi connectivity index (χ0n) is 16.7. The standard InChI is InChI=1S/C22H19ClN4O3/c1-13-5-4-6-17(11-13)26(3)21(28)14(2)27-12-24-20-18(22(27)29)19(25-30-20)15-7-9-16(23)10-8-15/h4-12,14H,1-3H3/t14-/m1/s1. The molecule has 1 atom stereocenters. The predicted molar refractivity (Wildman–Crippen MR) is 116 cm³/mol. The number of benzene rings is 2. The van der Waals surface area contributed by atoms with Crippen LogP contribution in [0.25, 0.3) is 22.4 Å². The third-order valence-corrected chi connectivity index (χ3v) is 5.29. The van der Waals surface area contributed by atoms with Crippen molar-refractivity contribution in [1.82, 2.24) is 14.7 Å². The second-order valence-electron chi connectivity index (χ2n) is 7.09. The van der Waals surface area contributed by atoms with Gasteiger partial charge in [0.15, 0.2) is 0 Å². The van der Waals surface area contributed by atoms with Crippen LogP contribution in [0.15, 0.2) is 64.2 Å². The van der Waals surface area contributed by atoms with Crippen LogP contribution in [0.3, 0.4) is 0 Å². The smallest absolute Gasteiger partial charge is 0.267 e. The lowest BCUT2D eigenvalue weighted by Gasteiger charge is -2.23. The molecule has 4 aromatic rings. The van der Waals surface area contributed by atoms with E-state index in [1.54, 1.807) is 38.2 Å². The lowest BCUT2D eigenvalue weighted by atomic mass is 10.1. The molecule has 30 heavy (non-hydrogen) atoms. The summed E-state index contributed by atoms with van der Waals surface area (Å²) in [5.74, 6) is -0.242. The molecule has 2 heterocycles. The van der Waals surface area contributed by atoms with Crippen LogP contribution in [0.1, 0.15) is 18.5 Å². The number of fused-ring (bicyclic) bond motifs is 1. The molecule has 2 aromatic carbocycles. The van der Waals surface area contributed by atoms with Crippen LogP contribution in [0.4, 0.5) is 5.69 Å². The SMILES string of the molecule is Cc1cccc(N(C)C(=O)[C@@H](C)n2cnc3onc(-c4ccc(Cl)cc4)c3c2=O)c1. The average Bonchev–Trinajstić information content (AvgIpc) is 3.18. The predicted octanol–water partition coefficient (Wildman–Crippen LogP) is 4.24. The molecule has 0 aliphatic heterocycles. The molecule has 0 aliphatic carbocycles. The molecule has 0 N–H and O–H groups in total. The molecule has 152 valence electrons. The molecule has 2 aromatic heterocycles. The molecule has 4 rings (SSSR count). The van der Waals surface area contributed by atoms with Gasteiger partial charge >= 0.3 is 0 Å². The van der Waals surface area contributed by atoms with Gasteiger partial charge in [0.05, 0.1) is 0 Å². The topological polar surface area (TPSA) is 81.2 Å². The first-order valence-electron chi connectivity index (χ1n) is 9.33. The fourth-order valence-electron chi connectivity index (χ4n) is 3.30. The molecule has 8 heteroatoms. The molecule has 1 amide bonds. The Kier molecular flexibility index (Phi) is 5.13. The average molecular weight is 423 g/mol. The van der Waals surface area contributed by atoms with E-state index in [0.717, 1.165) is 11.3 Å². The summed E-state index contributed by atoms with van der Waals surface area (Å²) in [6.07, 6.45) is 1.31. The van der Waals surface area contributed by atoms with Gasteiger partial charge < -0.3 is 9.42 Å². The number of nitrogens with zero attached hydrogens (tertiary/aromatic N) is 4. The summed E-state index contributed by atoms with van der Waals surface area (Å²) < 4.78 is 6.54. The number of anilines is 1. The van der Waals surface area contributed by atoms with Gasteiger partial charge in [-0.1, -0.05) is 41.0 Å². The van der Waals surface area contributed by atoms with Gasteiger partial charge in [-0.25, -0.2) is 4.98 Å². The van der Waals surface area contributed by atoms with Crippen LogP contribution < -0.4 is 10.5 Å². The normalized spacial score (nSPS) is 12.1. The minimum atomic E-state index is -0.770. The molecular formula is C22H19ClN4O3. The van der Waals surface area contributed by atoms with Crippen molar-refractivity contribution in [1.29, 1.82) is 0 Å². The molecule has 0 spiro atoms. The highest BCUT2D eigenvalue weighted by atomic mass is 35.5. The molecule has 7 nitrogen and oxygen atoms in total. The van der Waals surface area contributed by atoms with Crippen molar-refractivity contribution < 1.29 is 9.32 Å². The van der Waals surface area contributed by atoms with Gasteiger partial charge in [0.25, 0.3) is 11.3 Å². The molecule has 0 saturated carbocycles. The number of halogens is 1. The van der Waals surface area contributed by atoms with E-state index in [-0.39, 0.29) is 17.0 Å². The van der Waals surface area contributed by atoms with Crippen molar-refractivity contribution in [3.8, 4) is 11.3 Å². The van der Waals surface area contributed by atoms with Gasteiger partial charge in [0.1, 0.15) is 23.4 Å². The van der Waals surface area contributed by atoms with E-state index in [9.17, 15) is 9.59 Å². The van der Waals surface area contributed by atoms with E-state index >= 15 is 0 Å². The first-order chi connectivity index (χ1) is 14.4. The molecule has 0 bridgehead atoms. The Balaban J connectivity index is 1.74. The van der Waals surface area contributed by atoms with Gasteiger partial charge in [-0.3, -0.25) is 14.2 Å². The lowest BCUT2D eigenvalue weighted by Crippen LogP contribution is -2.37. The maximum absolute atomic E-state index is 13.2. The monoisotopic (exact) mass is 422 g/mol. The quantitative estimate of drug-likeness (QED) is 0.491. The number of carbonyl (C=O) groups is 1. The van der Waals surface area contributed by atoms with Crippen LogP contribution in [0.5, 0.6) is 0 Å². The van der Waals surface area contributed by atoms with Gasteiger partial charge in [0.2, 0.25) is 5.91 Å². The van der Waals surface area contributed by atoms with Crippen LogP contribution in [0.2, 0.25) is 5.02 Å². The molecular weight excluding hydrogens is 404 g/mol. The highest BCUT2D eigenvalue weighted by molar-refractivity contribution is 6.30. The number of hydrogen-bond donors (Lipinski definition) is 0. The van der Waals surface area contributed by atoms with Crippen molar-refractivity contribution >= 4 is 34.3 Å². The summed E-state index contributed by atoms with van der Waals surface area (Å²) in [5, 5.41) is 4.79. The number of likely N-dealkylation sites (N-methyl/N-ethyl adjacent to an activating group) is 1. The summed E-state index contributed by atoms with van der Waals surface area (Å²) in [6.45, 7) is 3.62. The first kappa shape index (κ1) is 19.8. The van der Waals surface area contributed by atoms with E-state index in [4.69, 9.17) is 16.1 Å². The van der Waals surface area contributed by atoms with E-state index in [2.05, 4.69) is 10.1 Å². The zero-order valence-corrected chi connectivity index (χ0v) is 17.4. The van der Waals surface area contributed by atoms with Crippen LogP contribution in [0, 0.1) is 6.92 Å². The number of carbonyl (C=O) groups excluding carboxylic acids is 1. The molecule has 0 aliphatic rings. The fraction of sp³-hybridized carbons (Fsp3) is 0.182. The van der Waals surface area contributed by atoms with Crippen molar-refractivity contribution in [2.24, 2.45) is 0 Å². The van der Waals surface area contributed by atoms with Crippen molar-refractivity contribution in [3.05, 3.63) is 75.8 Å². The van der Waals surface area contributed by atoms with Crippen molar-refractivity contribution in [2.75, 3.05) is 11.9 Å². The second-order valence-corrected chi connectivity index (χ2v) is 7.52. The Morgan fingerprint density at radius 3 is 2.63 bits per heavy atom. The van der Waals surface area contributed by atoms with Gasteiger partial charge in [-0.2, -0.15) is 0 Å². The zero-order chi connectivity index (χ0) is 21.4. The van der Waals surface area contributed by atoms with Crippen molar-refractivity contribution in [2.45, 2.75) is 19.9 Å². The molecule has 0 saturated heterocycles. The maximum atomic E-state index is 13.2. The summed E-state index contributed by atoms with van der Waals surface area (Å²) in [6, 6.07) is 13.7.